The number of para-hydroxylation sites is 1. The Morgan fingerprint density at radius 2 is 1.67 bits per heavy atom. The van der Waals surface area contributed by atoms with Crippen molar-refractivity contribution in [1.29, 1.82) is 0 Å². The zero-order valence-electron chi connectivity index (χ0n) is 11.5. The van der Waals surface area contributed by atoms with Gasteiger partial charge in [0.2, 0.25) is 0 Å². The molecule has 21 heavy (non-hydrogen) atoms. The molecule has 1 N–H and O–H groups in total. The second-order valence-corrected chi connectivity index (χ2v) is 6.89. The maximum atomic E-state index is 12.8. The molecule has 0 saturated carbocycles. The summed E-state index contributed by atoms with van der Waals surface area (Å²) < 4.78 is 26.8. The van der Waals surface area contributed by atoms with Crippen LogP contribution in [-0.2, 0) is 10.0 Å². The summed E-state index contributed by atoms with van der Waals surface area (Å²) >= 11 is 6.01. The van der Waals surface area contributed by atoms with E-state index >= 15 is 0 Å². The molecule has 0 bridgehead atoms. The van der Waals surface area contributed by atoms with Crippen molar-refractivity contribution in [3.05, 3.63) is 59.6 Å². The highest BCUT2D eigenvalue weighted by atomic mass is 35.5. The average molecular weight is 326 g/mol. The third kappa shape index (κ3) is 3.56. The number of aliphatic hydroxyl groups excluding tert-OH is 1. The molecule has 0 saturated heterocycles. The van der Waals surface area contributed by atoms with E-state index in [0.29, 0.717) is 5.69 Å². The van der Waals surface area contributed by atoms with Gasteiger partial charge in [0.05, 0.1) is 23.4 Å². The van der Waals surface area contributed by atoms with E-state index in [4.69, 9.17) is 11.6 Å². The van der Waals surface area contributed by atoms with Crippen molar-refractivity contribution in [1.82, 2.24) is 0 Å². The molecule has 0 fully saturated rings. The zero-order valence-corrected chi connectivity index (χ0v) is 13.1. The van der Waals surface area contributed by atoms with Crippen molar-refractivity contribution in [2.75, 3.05) is 10.8 Å². The number of nitrogens with zero attached hydrogens (tertiary/aromatic N) is 1. The van der Waals surface area contributed by atoms with Gasteiger partial charge in [-0.25, -0.2) is 8.42 Å². The van der Waals surface area contributed by atoms with Crippen molar-refractivity contribution >= 4 is 27.3 Å². The van der Waals surface area contributed by atoms with Gasteiger partial charge in [-0.05, 0) is 31.2 Å². The Kier molecular flexibility index (Phi) is 4.88. The van der Waals surface area contributed by atoms with Gasteiger partial charge in [0, 0.05) is 0 Å². The largest absolute Gasteiger partial charge is 0.392 e. The maximum absolute atomic E-state index is 12.8. The third-order valence-corrected chi connectivity index (χ3v) is 5.17. The van der Waals surface area contributed by atoms with E-state index in [1.54, 1.807) is 42.5 Å². The minimum Gasteiger partial charge on any atom is -0.392 e. The highest BCUT2D eigenvalue weighted by Crippen LogP contribution is 2.28. The Bertz CT molecular complexity index is 702. The van der Waals surface area contributed by atoms with E-state index in [1.807, 2.05) is 0 Å². The molecule has 0 aliphatic rings. The van der Waals surface area contributed by atoms with Crippen LogP contribution in [0.3, 0.4) is 0 Å². The number of benzene rings is 2. The second-order valence-electron chi connectivity index (χ2n) is 4.65. The van der Waals surface area contributed by atoms with E-state index in [1.165, 1.54) is 23.4 Å². The summed E-state index contributed by atoms with van der Waals surface area (Å²) in [6, 6.07) is 14.9. The molecular weight excluding hydrogens is 310 g/mol. The van der Waals surface area contributed by atoms with E-state index in [2.05, 4.69) is 0 Å². The zero-order chi connectivity index (χ0) is 15.5. The van der Waals surface area contributed by atoms with Gasteiger partial charge < -0.3 is 5.11 Å². The van der Waals surface area contributed by atoms with Crippen molar-refractivity contribution in [2.45, 2.75) is 17.9 Å². The van der Waals surface area contributed by atoms with Gasteiger partial charge in [-0.15, -0.1) is 0 Å². The topological polar surface area (TPSA) is 57.6 Å². The van der Waals surface area contributed by atoms with Gasteiger partial charge in [0.1, 0.15) is 4.90 Å². The first-order valence-corrected chi connectivity index (χ1v) is 8.25. The van der Waals surface area contributed by atoms with Crippen LogP contribution in [0.5, 0.6) is 0 Å². The summed E-state index contributed by atoms with van der Waals surface area (Å²) in [5.41, 5.74) is 0.485. The predicted octanol–water partition coefficient (Wildman–Crippen LogP) is 2.92. The molecule has 0 heterocycles. The number of aliphatic hydroxyl groups is 1. The van der Waals surface area contributed by atoms with Gasteiger partial charge in [0.25, 0.3) is 10.0 Å². The fourth-order valence-corrected chi connectivity index (χ4v) is 3.99. The molecule has 0 radical (unpaired) electrons. The fourth-order valence-electron chi connectivity index (χ4n) is 1.95. The standard InChI is InChI=1S/C15H16ClNO3S/c1-12(18)11-17(13-7-3-2-4-8-13)21(19,20)15-10-6-5-9-14(15)16/h2-10,12,18H,11H2,1H3/t12-/m1/s1. The molecule has 6 heteroatoms. The molecule has 2 aromatic carbocycles. The molecular formula is C15H16ClNO3S. The van der Waals surface area contributed by atoms with Crippen LogP contribution in [0, 0.1) is 0 Å². The molecule has 0 amide bonds. The first-order chi connectivity index (χ1) is 9.93. The first-order valence-electron chi connectivity index (χ1n) is 6.43. The van der Waals surface area contributed by atoms with E-state index in [9.17, 15) is 13.5 Å². The Morgan fingerprint density at radius 1 is 1.10 bits per heavy atom. The van der Waals surface area contributed by atoms with E-state index in [-0.39, 0.29) is 16.5 Å². The normalized spacial score (nSPS) is 12.9. The van der Waals surface area contributed by atoms with Crippen LogP contribution < -0.4 is 4.31 Å². The highest BCUT2D eigenvalue weighted by Gasteiger charge is 2.27. The van der Waals surface area contributed by atoms with Crippen molar-refractivity contribution in [3.63, 3.8) is 0 Å². The van der Waals surface area contributed by atoms with Crippen LogP contribution in [0.2, 0.25) is 5.02 Å². The van der Waals surface area contributed by atoms with Crippen molar-refractivity contribution < 1.29 is 13.5 Å². The number of rotatable bonds is 5. The number of sulfonamides is 1. The Balaban J connectivity index is 2.53. The van der Waals surface area contributed by atoms with Crippen LogP contribution in [0.4, 0.5) is 5.69 Å². The maximum Gasteiger partial charge on any atom is 0.265 e. The number of anilines is 1. The highest BCUT2D eigenvalue weighted by molar-refractivity contribution is 7.93. The predicted molar refractivity (Wildman–Crippen MR) is 84.1 cm³/mol. The van der Waals surface area contributed by atoms with Crippen LogP contribution in [0.15, 0.2) is 59.5 Å². The van der Waals surface area contributed by atoms with Crippen LogP contribution >= 0.6 is 11.6 Å². The fraction of sp³-hybridized carbons (Fsp3) is 0.200. The molecule has 0 aliphatic carbocycles. The summed E-state index contributed by atoms with van der Waals surface area (Å²) in [5, 5.41) is 9.78. The smallest absolute Gasteiger partial charge is 0.265 e. The van der Waals surface area contributed by atoms with Crippen molar-refractivity contribution in [2.24, 2.45) is 0 Å². The third-order valence-electron chi connectivity index (χ3n) is 2.88. The van der Waals surface area contributed by atoms with Gasteiger partial charge in [0.15, 0.2) is 0 Å². The van der Waals surface area contributed by atoms with Crippen LogP contribution in [0.25, 0.3) is 0 Å². The molecule has 112 valence electrons. The second kappa shape index (κ2) is 6.47. The first kappa shape index (κ1) is 15.8. The molecule has 2 aromatic rings. The van der Waals surface area contributed by atoms with Crippen LogP contribution in [-0.4, -0.2) is 26.2 Å². The van der Waals surface area contributed by atoms with Crippen LogP contribution in [0.1, 0.15) is 6.92 Å². The SMILES string of the molecule is C[C@@H](O)CN(c1ccccc1)S(=O)(=O)c1ccccc1Cl. The number of halogens is 1. The lowest BCUT2D eigenvalue weighted by Crippen LogP contribution is -2.36. The molecule has 1 atom stereocenters. The minimum atomic E-state index is -3.84. The minimum absolute atomic E-state index is 0.0242. The molecule has 0 aliphatic heterocycles. The van der Waals surface area contributed by atoms with Gasteiger partial charge in [-0.3, -0.25) is 4.31 Å². The summed E-state index contributed by atoms with van der Waals surface area (Å²) in [4.78, 5) is 0.0242. The Morgan fingerprint density at radius 3 is 2.24 bits per heavy atom. The summed E-state index contributed by atoms with van der Waals surface area (Å²) in [6.07, 6.45) is -0.803. The lowest BCUT2D eigenvalue weighted by molar-refractivity contribution is 0.204. The summed E-state index contributed by atoms with van der Waals surface area (Å²) in [5.74, 6) is 0. The Labute approximate surface area is 129 Å². The molecule has 0 spiro atoms. The van der Waals surface area contributed by atoms with Gasteiger partial charge in [-0.2, -0.15) is 0 Å². The average Bonchev–Trinajstić information content (AvgIpc) is 2.45. The lowest BCUT2D eigenvalue weighted by Gasteiger charge is -2.26. The van der Waals surface area contributed by atoms with Crippen molar-refractivity contribution in [3.8, 4) is 0 Å². The van der Waals surface area contributed by atoms with E-state index in [0.717, 1.165) is 0 Å². The summed E-state index contributed by atoms with van der Waals surface area (Å²) in [7, 11) is -3.84. The molecule has 4 nitrogen and oxygen atoms in total. The van der Waals surface area contributed by atoms with Gasteiger partial charge in [-0.1, -0.05) is 41.9 Å². The number of hydrogen-bond donors (Lipinski definition) is 1. The molecule has 0 unspecified atom stereocenters. The summed E-state index contributed by atoms with van der Waals surface area (Å²) in [6.45, 7) is 1.50. The van der Waals surface area contributed by atoms with Gasteiger partial charge >= 0.3 is 0 Å². The van der Waals surface area contributed by atoms with E-state index < -0.39 is 16.1 Å². The molecule has 0 aromatic heterocycles. The monoisotopic (exact) mass is 325 g/mol. The number of hydrogen-bond acceptors (Lipinski definition) is 3. The molecule has 2 rings (SSSR count). The quantitative estimate of drug-likeness (QED) is 0.919. The lowest BCUT2D eigenvalue weighted by atomic mass is 10.3. The Hall–Kier alpha value is -1.56.